The summed E-state index contributed by atoms with van der Waals surface area (Å²) in [5, 5.41) is 3.47. The first-order chi connectivity index (χ1) is 8.69. The monoisotopic (exact) mass is 327 g/mol. The lowest BCUT2D eigenvalue weighted by Crippen LogP contribution is -2.22. The Balaban J connectivity index is 2.13. The predicted molar refractivity (Wildman–Crippen MR) is 78.5 cm³/mol. The van der Waals surface area contributed by atoms with Gasteiger partial charge in [-0.1, -0.05) is 19.1 Å². The first-order valence-corrected chi connectivity index (χ1v) is 7.53. The third kappa shape index (κ3) is 3.64. The molecule has 1 aromatic carbocycles. The molecule has 0 aliphatic heterocycles. The van der Waals surface area contributed by atoms with Gasteiger partial charge >= 0.3 is 0 Å². The second kappa shape index (κ2) is 6.45. The number of thiophene rings is 1. The summed E-state index contributed by atoms with van der Waals surface area (Å²) in [6.45, 7) is 3.02. The van der Waals surface area contributed by atoms with E-state index >= 15 is 0 Å². The fraction of sp³-hybridized carbons (Fsp3) is 0.286. The van der Waals surface area contributed by atoms with Gasteiger partial charge in [0.15, 0.2) is 0 Å². The average Bonchev–Trinajstić information content (AvgIpc) is 2.78. The number of halogens is 2. The van der Waals surface area contributed by atoms with E-state index in [0.717, 1.165) is 22.3 Å². The molecule has 1 aromatic heterocycles. The van der Waals surface area contributed by atoms with E-state index < -0.39 is 0 Å². The Morgan fingerprint density at radius 2 is 1.94 bits per heavy atom. The third-order valence-electron chi connectivity index (χ3n) is 2.74. The van der Waals surface area contributed by atoms with Gasteiger partial charge in [0.25, 0.3) is 0 Å². The first kappa shape index (κ1) is 13.7. The Bertz CT molecular complexity index is 495. The van der Waals surface area contributed by atoms with Crippen molar-refractivity contribution in [3.05, 3.63) is 56.4 Å². The van der Waals surface area contributed by atoms with Gasteiger partial charge in [0.2, 0.25) is 0 Å². The molecule has 2 aromatic rings. The van der Waals surface area contributed by atoms with E-state index in [0.29, 0.717) is 0 Å². The standard InChI is InChI=1S/C14H15BrFNS/c1-2-17-12(13-7-8-14(15)18-13)9-10-3-5-11(16)6-4-10/h3-8,12,17H,2,9H2,1H3. The van der Waals surface area contributed by atoms with Crippen molar-refractivity contribution in [2.45, 2.75) is 19.4 Å². The summed E-state index contributed by atoms with van der Waals surface area (Å²) in [5.41, 5.74) is 1.15. The van der Waals surface area contributed by atoms with Gasteiger partial charge < -0.3 is 5.32 Å². The molecule has 0 aliphatic carbocycles. The number of likely N-dealkylation sites (N-methyl/N-ethyl adjacent to an activating group) is 1. The molecule has 0 bridgehead atoms. The molecule has 0 radical (unpaired) electrons. The molecule has 0 amide bonds. The normalized spacial score (nSPS) is 12.6. The molecule has 1 heterocycles. The minimum absolute atomic E-state index is 0.183. The van der Waals surface area contributed by atoms with Crippen molar-refractivity contribution >= 4 is 27.3 Å². The van der Waals surface area contributed by atoms with Crippen LogP contribution in [0.5, 0.6) is 0 Å². The molecule has 1 nitrogen and oxygen atoms in total. The number of hydrogen-bond acceptors (Lipinski definition) is 2. The Hall–Kier alpha value is -0.710. The SMILES string of the molecule is CCNC(Cc1ccc(F)cc1)c1ccc(Br)s1. The molecule has 0 saturated carbocycles. The minimum atomic E-state index is -0.183. The van der Waals surface area contributed by atoms with Gasteiger partial charge in [-0.25, -0.2) is 4.39 Å². The zero-order valence-corrected chi connectivity index (χ0v) is 12.5. The maximum absolute atomic E-state index is 12.9. The van der Waals surface area contributed by atoms with E-state index in [9.17, 15) is 4.39 Å². The molecule has 18 heavy (non-hydrogen) atoms. The van der Waals surface area contributed by atoms with Crippen LogP contribution in [0.2, 0.25) is 0 Å². The zero-order valence-electron chi connectivity index (χ0n) is 10.1. The maximum Gasteiger partial charge on any atom is 0.123 e. The zero-order chi connectivity index (χ0) is 13.0. The van der Waals surface area contributed by atoms with Gasteiger partial charge in [-0.15, -0.1) is 11.3 Å². The van der Waals surface area contributed by atoms with Gasteiger partial charge in [-0.3, -0.25) is 0 Å². The Morgan fingerprint density at radius 3 is 2.50 bits per heavy atom. The molecule has 1 N–H and O–H groups in total. The van der Waals surface area contributed by atoms with E-state index in [-0.39, 0.29) is 11.9 Å². The summed E-state index contributed by atoms with van der Waals surface area (Å²) in [6, 6.07) is 11.2. The van der Waals surface area contributed by atoms with Crippen molar-refractivity contribution in [3.63, 3.8) is 0 Å². The lowest BCUT2D eigenvalue weighted by molar-refractivity contribution is 0.557. The van der Waals surface area contributed by atoms with E-state index in [4.69, 9.17) is 0 Å². The van der Waals surface area contributed by atoms with Gasteiger partial charge in [-0.05, 0) is 58.7 Å². The fourth-order valence-corrected chi connectivity index (χ4v) is 3.39. The second-order valence-electron chi connectivity index (χ2n) is 4.08. The molecule has 1 atom stereocenters. The molecular formula is C14H15BrFNS. The number of nitrogens with one attached hydrogen (secondary N) is 1. The highest BCUT2D eigenvalue weighted by Crippen LogP contribution is 2.29. The highest BCUT2D eigenvalue weighted by atomic mass is 79.9. The molecular weight excluding hydrogens is 313 g/mol. The summed E-state index contributed by atoms with van der Waals surface area (Å²) >= 11 is 5.23. The van der Waals surface area contributed by atoms with Gasteiger partial charge in [0.05, 0.1) is 3.79 Å². The van der Waals surface area contributed by atoms with Crippen molar-refractivity contribution in [1.29, 1.82) is 0 Å². The number of hydrogen-bond donors (Lipinski definition) is 1. The smallest absolute Gasteiger partial charge is 0.123 e. The van der Waals surface area contributed by atoms with Crippen LogP contribution in [-0.2, 0) is 6.42 Å². The highest BCUT2D eigenvalue weighted by molar-refractivity contribution is 9.11. The Morgan fingerprint density at radius 1 is 1.22 bits per heavy atom. The minimum Gasteiger partial charge on any atom is -0.309 e. The van der Waals surface area contributed by atoms with Crippen molar-refractivity contribution in [2.75, 3.05) is 6.54 Å². The molecule has 96 valence electrons. The van der Waals surface area contributed by atoms with Crippen LogP contribution in [0.4, 0.5) is 4.39 Å². The fourth-order valence-electron chi connectivity index (χ4n) is 1.89. The molecule has 1 unspecified atom stereocenters. The van der Waals surface area contributed by atoms with E-state index in [1.165, 1.54) is 17.0 Å². The van der Waals surface area contributed by atoms with Crippen LogP contribution in [0.15, 0.2) is 40.2 Å². The number of rotatable bonds is 5. The summed E-state index contributed by atoms with van der Waals surface area (Å²) < 4.78 is 14.0. The summed E-state index contributed by atoms with van der Waals surface area (Å²) in [5.74, 6) is -0.183. The highest BCUT2D eigenvalue weighted by Gasteiger charge is 2.13. The third-order valence-corrected chi connectivity index (χ3v) is 4.48. The Kier molecular flexibility index (Phi) is 4.92. The van der Waals surface area contributed by atoms with Crippen molar-refractivity contribution in [2.24, 2.45) is 0 Å². The van der Waals surface area contributed by atoms with Crippen LogP contribution in [0, 0.1) is 5.82 Å². The average molecular weight is 328 g/mol. The topological polar surface area (TPSA) is 12.0 Å². The molecule has 4 heteroatoms. The molecule has 2 rings (SSSR count). The van der Waals surface area contributed by atoms with Gasteiger partial charge in [0.1, 0.15) is 5.82 Å². The van der Waals surface area contributed by atoms with Crippen LogP contribution in [0.1, 0.15) is 23.4 Å². The van der Waals surface area contributed by atoms with Crippen molar-refractivity contribution in [1.82, 2.24) is 5.32 Å². The summed E-state index contributed by atoms with van der Waals surface area (Å²) in [7, 11) is 0. The lowest BCUT2D eigenvalue weighted by atomic mass is 10.0. The van der Waals surface area contributed by atoms with Crippen LogP contribution in [-0.4, -0.2) is 6.54 Å². The van der Waals surface area contributed by atoms with E-state index in [2.05, 4.69) is 40.3 Å². The van der Waals surface area contributed by atoms with Gasteiger partial charge in [0, 0.05) is 10.9 Å². The number of benzene rings is 1. The summed E-state index contributed by atoms with van der Waals surface area (Å²) in [6.07, 6.45) is 0.876. The first-order valence-electron chi connectivity index (χ1n) is 5.92. The van der Waals surface area contributed by atoms with Crippen molar-refractivity contribution < 1.29 is 4.39 Å². The maximum atomic E-state index is 12.9. The second-order valence-corrected chi connectivity index (χ2v) is 6.58. The summed E-state index contributed by atoms with van der Waals surface area (Å²) in [4.78, 5) is 1.30. The largest absolute Gasteiger partial charge is 0.309 e. The van der Waals surface area contributed by atoms with Crippen LogP contribution in [0.25, 0.3) is 0 Å². The Labute approximate surface area is 119 Å². The van der Waals surface area contributed by atoms with Crippen molar-refractivity contribution in [3.8, 4) is 0 Å². The molecule has 0 spiro atoms. The molecule has 0 fully saturated rings. The van der Waals surface area contributed by atoms with E-state index in [1.54, 1.807) is 11.3 Å². The van der Waals surface area contributed by atoms with Crippen LogP contribution in [0.3, 0.4) is 0 Å². The van der Waals surface area contributed by atoms with Gasteiger partial charge in [-0.2, -0.15) is 0 Å². The molecule has 0 aliphatic rings. The molecule has 0 saturated heterocycles. The van der Waals surface area contributed by atoms with Crippen LogP contribution >= 0.6 is 27.3 Å². The quantitative estimate of drug-likeness (QED) is 0.849. The lowest BCUT2D eigenvalue weighted by Gasteiger charge is -2.16. The van der Waals surface area contributed by atoms with Crippen LogP contribution < -0.4 is 5.32 Å². The predicted octanol–water partition coefficient (Wildman–Crippen LogP) is 4.54. The van der Waals surface area contributed by atoms with E-state index in [1.807, 2.05) is 12.1 Å².